The molecule has 0 radical (unpaired) electrons. The van der Waals surface area contributed by atoms with Gasteiger partial charge in [0.05, 0.1) is 0 Å². The Balaban J connectivity index is 2.25. The third kappa shape index (κ3) is 3.15. The van der Waals surface area contributed by atoms with Gasteiger partial charge in [-0.3, -0.25) is 4.90 Å². The Morgan fingerprint density at radius 3 is 2.74 bits per heavy atom. The van der Waals surface area contributed by atoms with Crippen LogP contribution >= 0.6 is 0 Å². The van der Waals surface area contributed by atoms with Crippen molar-refractivity contribution in [3.05, 3.63) is 35.1 Å². The Morgan fingerprint density at radius 1 is 1.37 bits per heavy atom. The molecule has 1 aliphatic rings. The van der Waals surface area contributed by atoms with Gasteiger partial charge in [0, 0.05) is 25.2 Å². The summed E-state index contributed by atoms with van der Waals surface area (Å²) in [5.41, 5.74) is 7.84. The van der Waals surface area contributed by atoms with Crippen molar-refractivity contribution in [2.24, 2.45) is 11.7 Å². The summed E-state index contributed by atoms with van der Waals surface area (Å²) < 4.78 is 13.4. The first-order valence-electron chi connectivity index (χ1n) is 7.24. The van der Waals surface area contributed by atoms with Crippen LogP contribution in [0, 0.1) is 18.7 Å². The number of likely N-dealkylation sites (tertiary alicyclic amines) is 1. The monoisotopic (exact) mass is 264 g/mol. The number of benzene rings is 1. The first kappa shape index (κ1) is 14.5. The van der Waals surface area contributed by atoms with Crippen LogP contribution in [0.4, 0.5) is 4.39 Å². The molecule has 1 saturated heterocycles. The van der Waals surface area contributed by atoms with Gasteiger partial charge in [-0.15, -0.1) is 0 Å². The third-order valence-electron chi connectivity index (χ3n) is 4.36. The van der Waals surface area contributed by atoms with Gasteiger partial charge in [-0.1, -0.05) is 19.1 Å². The number of rotatable bonds is 3. The highest BCUT2D eigenvalue weighted by molar-refractivity contribution is 5.27. The van der Waals surface area contributed by atoms with Gasteiger partial charge < -0.3 is 5.73 Å². The quantitative estimate of drug-likeness (QED) is 0.908. The Bertz CT molecular complexity index is 433. The van der Waals surface area contributed by atoms with Gasteiger partial charge in [0.15, 0.2) is 0 Å². The zero-order chi connectivity index (χ0) is 14.0. The van der Waals surface area contributed by atoms with E-state index in [4.69, 9.17) is 5.73 Å². The van der Waals surface area contributed by atoms with Gasteiger partial charge in [-0.2, -0.15) is 0 Å². The van der Waals surface area contributed by atoms with Crippen LogP contribution in [0.15, 0.2) is 18.2 Å². The van der Waals surface area contributed by atoms with Gasteiger partial charge in [-0.25, -0.2) is 4.39 Å². The highest BCUT2D eigenvalue weighted by Gasteiger charge is 2.29. The highest BCUT2D eigenvalue weighted by Crippen LogP contribution is 2.30. The summed E-state index contributed by atoms with van der Waals surface area (Å²) >= 11 is 0. The smallest absolute Gasteiger partial charge is 0.126 e. The molecule has 0 aromatic heterocycles. The maximum absolute atomic E-state index is 13.4. The lowest BCUT2D eigenvalue weighted by Gasteiger charge is -2.42. The van der Waals surface area contributed by atoms with Crippen LogP contribution in [0.25, 0.3) is 0 Å². The molecule has 1 aliphatic heterocycles. The highest BCUT2D eigenvalue weighted by atomic mass is 19.1. The second-order valence-electron chi connectivity index (χ2n) is 5.99. The molecule has 2 N–H and O–H groups in total. The number of nitrogens with zero attached hydrogens (tertiary/aromatic N) is 1. The standard InChI is InChI=1S/C16H25FN2/c1-11-4-5-13(3)19(10-11)16(9-18)14-6-7-15(17)12(2)8-14/h6-8,11,13,16H,4-5,9-10,18H2,1-3H3. The molecule has 2 rings (SSSR count). The molecule has 1 heterocycles. The van der Waals surface area contributed by atoms with E-state index in [2.05, 4.69) is 18.7 Å². The summed E-state index contributed by atoms with van der Waals surface area (Å²) in [7, 11) is 0. The van der Waals surface area contributed by atoms with Crippen LogP contribution in [-0.4, -0.2) is 24.0 Å². The maximum atomic E-state index is 13.4. The van der Waals surface area contributed by atoms with Crippen LogP contribution in [0.5, 0.6) is 0 Å². The fourth-order valence-electron chi connectivity index (χ4n) is 3.10. The van der Waals surface area contributed by atoms with E-state index >= 15 is 0 Å². The molecule has 2 nitrogen and oxygen atoms in total. The molecule has 0 amide bonds. The van der Waals surface area contributed by atoms with E-state index in [0.29, 0.717) is 24.1 Å². The fourth-order valence-corrected chi connectivity index (χ4v) is 3.10. The predicted molar refractivity (Wildman–Crippen MR) is 77.5 cm³/mol. The van der Waals surface area contributed by atoms with E-state index in [1.54, 1.807) is 6.07 Å². The van der Waals surface area contributed by atoms with Crippen molar-refractivity contribution < 1.29 is 4.39 Å². The van der Waals surface area contributed by atoms with Crippen molar-refractivity contribution in [1.82, 2.24) is 4.90 Å². The lowest BCUT2D eigenvalue weighted by Crippen LogP contribution is -2.45. The summed E-state index contributed by atoms with van der Waals surface area (Å²) in [4.78, 5) is 2.49. The topological polar surface area (TPSA) is 29.3 Å². The van der Waals surface area contributed by atoms with E-state index in [1.807, 2.05) is 19.1 Å². The number of halogens is 1. The van der Waals surface area contributed by atoms with Crippen molar-refractivity contribution in [3.63, 3.8) is 0 Å². The van der Waals surface area contributed by atoms with Gasteiger partial charge >= 0.3 is 0 Å². The summed E-state index contributed by atoms with van der Waals surface area (Å²) in [6.07, 6.45) is 2.51. The van der Waals surface area contributed by atoms with E-state index in [-0.39, 0.29) is 11.9 Å². The normalized spacial score (nSPS) is 26.4. The average molecular weight is 264 g/mol. The number of nitrogens with two attached hydrogens (primary N) is 1. The number of hydrogen-bond donors (Lipinski definition) is 1. The molecule has 3 heteroatoms. The summed E-state index contributed by atoms with van der Waals surface area (Å²) in [5, 5.41) is 0. The molecule has 0 saturated carbocycles. The van der Waals surface area contributed by atoms with E-state index in [9.17, 15) is 4.39 Å². The molecule has 19 heavy (non-hydrogen) atoms. The van der Waals surface area contributed by atoms with Crippen LogP contribution < -0.4 is 5.73 Å². The molecule has 0 aliphatic carbocycles. The molecule has 3 atom stereocenters. The van der Waals surface area contributed by atoms with Crippen LogP contribution in [0.3, 0.4) is 0 Å². The first-order chi connectivity index (χ1) is 9.02. The fraction of sp³-hybridized carbons (Fsp3) is 0.625. The molecule has 0 bridgehead atoms. The largest absolute Gasteiger partial charge is 0.329 e. The number of hydrogen-bond acceptors (Lipinski definition) is 2. The zero-order valence-corrected chi connectivity index (χ0v) is 12.2. The molecule has 0 spiro atoms. The van der Waals surface area contributed by atoms with Crippen LogP contribution in [0.2, 0.25) is 0 Å². The minimum Gasteiger partial charge on any atom is -0.329 e. The minimum absolute atomic E-state index is 0.139. The van der Waals surface area contributed by atoms with Crippen molar-refractivity contribution in [3.8, 4) is 0 Å². The van der Waals surface area contributed by atoms with Crippen molar-refractivity contribution in [2.75, 3.05) is 13.1 Å². The second kappa shape index (κ2) is 6.02. The minimum atomic E-state index is -0.139. The maximum Gasteiger partial charge on any atom is 0.126 e. The Kier molecular flexibility index (Phi) is 4.58. The van der Waals surface area contributed by atoms with Crippen LogP contribution in [0.1, 0.15) is 43.9 Å². The van der Waals surface area contributed by atoms with E-state index in [1.165, 1.54) is 12.8 Å². The van der Waals surface area contributed by atoms with Gasteiger partial charge in [0.25, 0.3) is 0 Å². The first-order valence-corrected chi connectivity index (χ1v) is 7.24. The van der Waals surface area contributed by atoms with Crippen molar-refractivity contribution in [1.29, 1.82) is 0 Å². The molecule has 106 valence electrons. The van der Waals surface area contributed by atoms with E-state index in [0.717, 1.165) is 12.1 Å². The van der Waals surface area contributed by atoms with E-state index < -0.39 is 0 Å². The lowest BCUT2D eigenvalue weighted by molar-refractivity contribution is 0.0798. The Morgan fingerprint density at radius 2 is 2.11 bits per heavy atom. The zero-order valence-electron chi connectivity index (χ0n) is 12.2. The summed E-state index contributed by atoms with van der Waals surface area (Å²) in [6.45, 7) is 8.05. The number of aryl methyl sites for hydroxylation is 1. The van der Waals surface area contributed by atoms with Gasteiger partial charge in [0.2, 0.25) is 0 Å². The molecule has 1 aromatic carbocycles. The number of piperidine rings is 1. The molecule has 3 unspecified atom stereocenters. The summed E-state index contributed by atoms with van der Waals surface area (Å²) in [6, 6.07) is 6.14. The molecular weight excluding hydrogens is 239 g/mol. The Labute approximate surface area is 115 Å². The van der Waals surface area contributed by atoms with Gasteiger partial charge in [0.1, 0.15) is 5.82 Å². The SMILES string of the molecule is Cc1cc(C(CN)N2CC(C)CCC2C)ccc1F. The Hall–Kier alpha value is -0.930. The second-order valence-corrected chi connectivity index (χ2v) is 5.99. The predicted octanol–water partition coefficient (Wildman–Crippen LogP) is 3.25. The van der Waals surface area contributed by atoms with Crippen LogP contribution in [-0.2, 0) is 0 Å². The van der Waals surface area contributed by atoms with Gasteiger partial charge in [-0.05, 0) is 49.8 Å². The lowest BCUT2D eigenvalue weighted by atomic mass is 9.91. The molecule has 1 fully saturated rings. The van der Waals surface area contributed by atoms with Crippen molar-refractivity contribution >= 4 is 0 Å². The third-order valence-corrected chi connectivity index (χ3v) is 4.36. The average Bonchev–Trinajstić information content (AvgIpc) is 2.38. The van der Waals surface area contributed by atoms with Crippen molar-refractivity contribution in [2.45, 2.75) is 45.7 Å². The molecular formula is C16H25FN2. The molecule has 1 aromatic rings. The summed E-state index contributed by atoms with van der Waals surface area (Å²) in [5.74, 6) is 0.575.